The third-order valence-corrected chi connectivity index (χ3v) is 2.45. The fourth-order valence-electron chi connectivity index (χ4n) is 1.52. The van der Waals surface area contributed by atoms with Crippen LogP contribution in [-0.4, -0.2) is 26.6 Å². The van der Waals surface area contributed by atoms with Crippen molar-refractivity contribution in [2.75, 3.05) is 26.0 Å². The third-order valence-electron chi connectivity index (χ3n) is 2.45. The smallest absolute Gasteiger partial charge is 0.251 e. The second-order valence-corrected chi connectivity index (χ2v) is 4.32. The summed E-state index contributed by atoms with van der Waals surface area (Å²) < 4.78 is 5.27. The van der Waals surface area contributed by atoms with Gasteiger partial charge in [-0.1, -0.05) is 25.7 Å². The van der Waals surface area contributed by atoms with Gasteiger partial charge in [-0.2, -0.15) is 0 Å². The number of amides is 1. The largest absolute Gasteiger partial charge is 0.495 e. The molecule has 4 heteroatoms. The van der Waals surface area contributed by atoms with Gasteiger partial charge in [0.05, 0.1) is 19.3 Å². The molecule has 2 N–H and O–H groups in total. The zero-order valence-electron chi connectivity index (χ0n) is 11.8. The lowest BCUT2D eigenvalue weighted by atomic mass is 10.1. The summed E-state index contributed by atoms with van der Waals surface area (Å²) in [6.45, 7) is 4.64. The van der Waals surface area contributed by atoms with Crippen LogP contribution >= 0.6 is 0 Å². The molecule has 0 aliphatic carbocycles. The fraction of sp³-hybridized carbons (Fsp3) is 0.400. The van der Waals surface area contributed by atoms with E-state index in [9.17, 15) is 4.79 Å². The molecule has 0 radical (unpaired) electrons. The first-order valence-corrected chi connectivity index (χ1v) is 6.21. The highest BCUT2D eigenvalue weighted by molar-refractivity contribution is 5.95. The Labute approximate surface area is 114 Å². The van der Waals surface area contributed by atoms with Crippen LogP contribution in [0.1, 0.15) is 24.2 Å². The maximum absolute atomic E-state index is 11.5. The molecule has 19 heavy (non-hydrogen) atoms. The molecule has 0 heterocycles. The normalized spacial score (nSPS) is 9.53. The van der Waals surface area contributed by atoms with Crippen LogP contribution in [0.2, 0.25) is 0 Å². The molecule has 4 nitrogen and oxygen atoms in total. The van der Waals surface area contributed by atoms with Crippen LogP contribution < -0.4 is 15.4 Å². The number of benzene rings is 1. The van der Waals surface area contributed by atoms with Crippen molar-refractivity contribution in [1.29, 1.82) is 0 Å². The highest BCUT2D eigenvalue weighted by atomic mass is 16.5. The molecule has 0 aliphatic heterocycles. The van der Waals surface area contributed by atoms with Gasteiger partial charge in [-0.05, 0) is 18.2 Å². The summed E-state index contributed by atoms with van der Waals surface area (Å²) in [7, 11) is 3.18. The predicted molar refractivity (Wildman–Crippen MR) is 77.5 cm³/mol. The standard InChI is InChI=1S/C15H20N2O2/c1-11(2)6-5-9-17-13-8-7-12(15(18)16-3)10-14(13)19-4/h7-8,10-11,17H,9H2,1-4H3,(H,16,18). The van der Waals surface area contributed by atoms with Crippen LogP contribution in [0.3, 0.4) is 0 Å². The summed E-state index contributed by atoms with van der Waals surface area (Å²) in [6.07, 6.45) is 0. The van der Waals surface area contributed by atoms with E-state index < -0.39 is 0 Å². The van der Waals surface area contributed by atoms with Crippen molar-refractivity contribution in [1.82, 2.24) is 5.32 Å². The monoisotopic (exact) mass is 260 g/mol. The summed E-state index contributed by atoms with van der Waals surface area (Å²) in [5.74, 6) is 6.97. The Morgan fingerprint density at radius 1 is 1.42 bits per heavy atom. The molecule has 0 unspecified atom stereocenters. The zero-order chi connectivity index (χ0) is 14.3. The molecular formula is C15H20N2O2. The van der Waals surface area contributed by atoms with Gasteiger partial charge in [0.25, 0.3) is 5.91 Å². The second-order valence-electron chi connectivity index (χ2n) is 4.32. The summed E-state index contributed by atoms with van der Waals surface area (Å²) in [5, 5.41) is 5.75. The number of hydrogen-bond acceptors (Lipinski definition) is 3. The lowest BCUT2D eigenvalue weighted by molar-refractivity contribution is 0.0963. The van der Waals surface area contributed by atoms with Gasteiger partial charge < -0.3 is 15.4 Å². The van der Waals surface area contributed by atoms with Gasteiger partial charge in [-0.3, -0.25) is 4.79 Å². The van der Waals surface area contributed by atoms with E-state index in [0.717, 1.165) is 5.69 Å². The Kier molecular flexibility index (Phi) is 5.74. The van der Waals surface area contributed by atoms with Crippen molar-refractivity contribution < 1.29 is 9.53 Å². The number of ether oxygens (including phenoxy) is 1. The van der Waals surface area contributed by atoms with Gasteiger partial charge in [-0.15, -0.1) is 0 Å². The molecule has 0 aromatic heterocycles. The summed E-state index contributed by atoms with van der Waals surface area (Å²) >= 11 is 0. The van der Waals surface area contributed by atoms with Crippen molar-refractivity contribution >= 4 is 11.6 Å². The van der Waals surface area contributed by atoms with Crippen molar-refractivity contribution in [3.05, 3.63) is 23.8 Å². The average molecular weight is 260 g/mol. The molecule has 102 valence electrons. The molecule has 0 bridgehead atoms. The van der Waals surface area contributed by atoms with Crippen LogP contribution in [0.4, 0.5) is 5.69 Å². The molecule has 1 amide bonds. The maximum atomic E-state index is 11.5. The van der Waals surface area contributed by atoms with Crippen molar-refractivity contribution in [2.24, 2.45) is 5.92 Å². The first-order valence-electron chi connectivity index (χ1n) is 6.21. The minimum Gasteiger partial charge on any atom is -0.495 e. The number of methoxy groups -OCH3 is 1. The number of rotatable bonds is 4. The molecule has 1 rings (SSSR count). The van der Waals surface area contributed by atoms with Crippen molar-refractivity contribution in [3.63, 3.8) is 0 Å². The van der Waals surface area contributed by atoms with Gasteiger partial charge in [0.15, 0.2) is 0 Å². The van der Waals surface area contributed by atoms with E-state index in [1.807, 2.05) is 19.9 Å². The quantitative estimate of drug-likeness (QED) is 0.815. The van der Waals surface area contributed by atoms with Crippen LogP contribution in [-0.2, 0) is 0 Å². The van der Waals surface area contributed by atoms with Gasteiger partial charge in [-0.25, -0.2) is 0 Å². The minimum atomic E-state index is -0.135. The second kappa shape index (κ2) is 7.32. The Morgan fingerprint density at radius 2 is 2.16 bits per heavy atom. The van der Waals surface area contributed by atoms with Crippen LogP contribution in [0.15, 0.2) is 18.2 Å². The Balaban J connectivity index is 2.80. The lowest BCUT2D eigenvalue weighted by Gasteiger charge is -2.10. The maximum Gasteiger partial charge on any atom is 0.251 e. The van der Waals surface area contributed by atoms with Gasteiger partial charge in [0, 0.05) is 18.5 Å². The van der Waals surface area contributed by atoms with Crippen molar-refractivity contribution in [2.45, 2.75) is 13.8 Å². The summed E-state index contributed by atoms with van der Waals surface area (Å²) in [6, 6.07) is 5.27. The van der Waals surface area contributed by atoms with Crippen LogP contribution in [0.25, 0.3) is 0 Å². The predicted octanol–water partition coefficient (Wildman–Crippen LogP) is 2.13. The van der Waals surface area contributed by atoms with E-state index in [4.69, 9.17) is 4.74 Å². The van der Waals surface area contributed by atoms with E-state index >= 15 is 0 Å². The third kappa shape index (κ3) is 4.55. The average Bonchev–Trinajstić information content (AvgIpc) is 2.42. The Bertz CT molecular complexity index is 499. The summed E-state index contributed by atoms with van der Waals surface area (Å²) in [4.78, 5) is 11.5. The number of anilines is 1. The first kappa shape index (κ1) is 14.9. The molecular weight excluding hydrogens is 240 g/mol. The van der Waals surface area contributed by atoms with E-state index in [2.05, 4.69) is 22.5 Å². The first-order chi connectivity index (χ1) is 9.08. The van der Waals surface area contributed by atoms with E-state index in [1.54, 1.807) is 26.3 Å². The SMILES string of the molecule is CNC(=O)c1ccc(NCC#CC(C)C)c(OC)c1. The van der Waals surface area contributed by atoms with E-state index in [1.165, 1.54) is 0 Å². The molecule has 1 aromatic carbocycles. The number of carbonyl (C=O) groups excluding carboxylic acids is 1. The minimum absolute atomic E-state index is 0.135. The van der Waals surface area contributed by atoms with E-state index in [-0.39, 0.29) is 5.91 Å². The zero-order valence-corrected chi connectivity index (χ0v) is 11.8. The van der Waals surface area contributed by atoms with Crippen molar-refractivity contribution in [3.8, 4) is 17.6 Å². The van der Waals surface area contributed by atoms with Gasteiger partial charge in [0.1, 0.15) is 5.75 Å². The Hall–Kier alpha value is -2.15. The van der Waals surface area contributed by atoms with Crippen LogP contribution in [0.5, 0.6) is 5.75 Å². The molecule has 0 aliphatic rings. The lowest BCUT2D eigenvalue weighted by Crippen LogP contribution is -2.17. The molecule has 0 fully saturated rings. The highest BCUT2D eigenvalue weighted by Gasteiger charge is 2.08. The molecule has 0 saturated heterocycles. The molecule has 0 saturated carbocycles. The molecule has 1 aromatic rings. The number of carbonyl (C=O) groups is 1. The van der Waals surface area contributed by atoms with Gasteiger partial charge in [0.2, 0.25) is 0 Å². The molecule has 0 atom stereocenters. The van der Waals surface area contributed by atoms with E-state index in [0.29, 0.717) is 23.8 Å². The fourth-order valence-corrected chi connectivity index (χ4v) is 1.52. The van der Waals surface area contributed by atoms with Crippen LogP contribution in [0, 0.1) is 17.8 Å². The number of nitrogens with one attached hydrogen (secondary N) is 2. The number of hydrogen-bond donors (Lipinski definition) is 2. The Morgan fingerprint density at radius 3 is 2.74 bits per heavy atom. The highest BCUT2D eigenvalue weighted by Crippen LogP contribution is 2.25. The van der Waals surface area contributed by atoms with Gasteiger partial charge >= 0.3 is 0 Å². The molecule has 0 spiro atoms. The summed E-state index contributed by atoms with van der Waals surface area (Å²) in [5.41, 5.74) is 1.39. The topological polar surface area (TPSA) is 50.4 Å².